The van der Waals surface area contributed by atoms with Gasteiger partial charge in [0.2, 0.25) is 0 Å². The summed E-state index contributed by atoms with van der Waals surface area (Å²) in [4.78, 5) is 14.3. The number of nitro benzene ring substituents is 1. The van der Waals surface area contributed by atoms with Gasteiger partial charge in [0.15, 0.2) is 11.6 Å². The van der Waals surface area contributed by atoms with Gasteiger partial charge in [-0.25, -0.2) is 4.39 Å². The highest BCUT2D eigenvalue weighted by Crippen LogP contribution is 2.27. The van der Waals surface area contributed by atoms with Gasteiger partial charge in [0.05, 0.1) is 11.5 Å². The van der Waals surface area contributed by atoms with Crippen molar-refractivity contribution in [3.8, 4) is 11.5 Å². The maximum atomic E-state index is 14.1. The van der Waals surface area contributed by atoms with Crippen molar-refractivity contribution in [2.75, 3.05) is 13.1 Å². The number of nitrogens with one attached hydrogen (secondary N) is 1. The van der Waals surface area contributed by atoms with Crippen molar-refractivity contribution in [1.29, 1.82) is 0 Å². The third-order valence-electron chi connectivity index (χ3n) is 3.15. The van der Waals surface area contributed by atoms with Crippen LogP contribution in [-0.2, 0) is 0 Å². The van der Waals surface area contributed by atoms with Crippen molar-refractivity contribution in [2.45, 2.75) is 0 Å². The molecule has 3 rings (SSSR count). The molecule has 0 atom stereocenters. The van der Waals surface area contributed by atoms with Crippen LogP contribution < -0.4 is 10.1 Å². The van der Waals surface area contributed by atoms with E-state index in [4.69, 9.17) is 4.74 Å². The Morgan fingerprint density at radius 1 is 1.23 bits per heavy atom. The first-order chi connectivity index (χ1) is 10.6. The Balaban J connectivity index is 1.79. The van der Waals surface area contributed by atoms with Crippen LogP contribution in [0.4, 0.5) is 10.1 Å². The minimum atomic E-state index is -0.521. The Hall–Kier alpha value is -2.96. The fourth-order valence-corrected chi connectivity index (χ4v) is 2.09. The first-order valence-corrected chi connectivity index (χ1v) is 6.64. The molecule has 0 amide bonds. The summed E-state index contributed by atoms with van der Waals surface area (Å²) in [7, 11) is 0. The molecule has 0 saturated heterocycles. The fourth-order valence-electron chi connectivity index (χ4n) is 2.09. The Morgan fingerprint density at radius 2 is 2.00 bits per heavy atom. The lowest BCUT2D eigenvalue weighted by atomic mass is 10.2. The van der Waals surface area contributed by atoms with Gasteiger partial charge in [0.1, 0.15) is 11.6 Å². The Kier molecular flexibility index (Phi) is 3.69. The molecule has 1 aliphatic heterocycles. The number of non-ortho nitro benzene ring substituents is 1. The lowest BCUT2D eigenvalue weighted by Crippen LogP contribution is -2.19. The summed E-state index contributed by atoms with van der Waals surface area (Å²) in [5.74, 6) is 0.526. The number of nitro groups is 1. The van der Waals surface area contributed by atoms with Crippen LogP contribution in [0.15, 0.2) is 47.5 Å². The lowest BCUT2D eigenvalue weighted by Gasteiger charge is -2.08. The van der Waals surface area contributed by atoms with Crippen LogP contribution in [0, 0.1) is 15.9 Å². The maximum Gasteiger partial charge on any atom is 0.269 e. The molecule has 0 unspecified atom stereocenters. The van der Waals surface area contributed by atoms with E-state index in [-0.39, 0.29) is 11.4 Å². The standard InChI is InChI=1S/C15H12FN3O3/c16-13-9-10(15-17-7-8-18-15)1-6-14(13)22-12-4-2-11(3-5-12)19(20)21/h1-6,9H,7-8H2,(H,17,18). The molecule has 0 saturated carbocycles. The highest BCUT2D eigenvalue weighted by Gasteiger charge is 2.12. The third kappa shape index (κ3) is 2.88. The normalized spacial score (nSPS) is 13.4. The Bertz CT molecular complexity index is 744. The van der Waals surface area contributed by atoms with Crippen LogP contribution in [0.5, 0.6) is 11.5 Å². The molecular formula is C15H12FN3O3. The molecule has 0 radical (unpaired) electrons. The quantitative estimate of drug-likeness (QED) is 0.696. The van der Waals surface area contributed by atoms with E-state index in [9.17, 15) is 14.5 Å². The van der Waals surface area contributed by atoms with Gasteiger partial charge < -0.3 is 10.1 Å². The van der Waals surface area contributed by atoms with Crippen molar-refractivity contribution in [1.82, 2.24) is 5.32 Å². The van der Waals surface area contributed by atoms with E-state index in [1.165, 1.54) is 36.4 Å². The first-order valence-electron chi connectivity index (χ1n) is 6.64. The predicted molar refractivity (Wildman–Crippen MR) is 79.0 cm³/mol. The summed E-state index contributed by atoms with van der Waals surface area (Å²) < 4.78 is 19.5. The van der Waals surface area contributed by atoms with Gasteiger partial charge in [-0.05, 0) is 30.3 Å². The zero-order valence-electron chi connectivity index (χ0n) is 11.5. The summed E-state index contributed by atoms with van der Waals surface area (Å²) in [5, 5.41) is 13.6. The molecule has 2 aromatic rings. The lowest BCUT2D eigenvalue weighted by molar-refractivity contribution is -0.384. The number of halogens is 1. The topological polar surface area (TPSA) is 76.8 Å². The van der Waals surface area contributed by atoms with Crippen LogP contribution in [-0.4, -0.2) is 23.8 Å². The highest BCUT2D eigenvalue weighted by molar-refractivity contribution is 5.99. The number of hydrogen-bond donors (Lipinski definition) is 1. The molecule has 1 heterocycles. The summed E-state index contributed by atoms with van der Waals surface area (Å²) in [5.41, 5.74) is 0.611. The molecule has 1 aliphatic rings. The van der Waals surface area contributed by atoms with Gasteiger partial charge in [-0.2, -0.15) is 0 Å². The van der Waals surface area contributed by atoms with Crippen molar-refractivity contribution >= 4 is 11.5 Å². The van der Waals surface area contributed by atoms with E-state index in [1.807, 2.05) is 0 Å². The molecule has 0 spiro atoms. The largest absolute Gasteiger partial charge is 0.454 e. The second kappa shape index (κ2) is 5.80. The summed E-state index contributed by atoms with van der Waals surface area (Å²) >= 11 is 0. The second-order valence-corrected chi connectivity index (χ2v) is 4.66. The first kappa shape index (κ1) is 14.0. The predicted octanol–water partition coefficient (Wildman–Crippen LogP) is 2.88. The summed E-state index contributed by atoms with van der Waals surface area (Å²) in [6.07, 6.45) is 0. The summed E-state index contributed by atoms with van der Waals surface area (Å²) in [6, 6.07) is 10.0. The Labute approximate surface area is 125 Å². The van der Waals surface area contributed by atoms with Crippen LogP contribution in [0.3, 0.4) is 0 Å². The highest BCUT2D eigenvalue weighted by atomic mass is 19.1. The molecular weight excluding hydrogens is 289 g/mol. The number of benzene rings is 2. The smallest absolute Gasteiger partial charge is 0.269 e. The van der Waals surface area contributed by atoms with E-state index < -0.39 is 10.7 Å². The van der Waals surface area contributed by atoms with E-state index in [2.05, 4.69) is 10.3 Å². The van der Waals surface area contributed by atoms with Gasteiger partial charge in [0.25, 0.3) is 5.69 Å². The zero-order valence-corrected chi connectivity index (χ0v) is 11.5. The number of ether oxygens (including phenoxy) is 1. The molecule has 7 heteroatoms. The molecule has 1 N–H and O–H groups in total. The fraction of sp³-hybridized carbons (Fsp3) is 0.133. The van der Waals surface area contributed by atoms with Crippen LogP contribution in [0.1, 0.15) is 5.56 Å². The zero-order chi connectivity index (χ0) is 15.5. The number of rotatable bonds is 4. The number of nitrogens with zero attached hydrogens (tertiary/aromatic N) is 2. The molecule has 0 aliphatic carbocycles. The van der Waals surface area contributed by atoms with Gasteiger partial charge in [-0.15, -0.1) is 0 Å². The van der Waals surface area contributed by atoms with E-state index >= 15 is 0 Å². The minimum Gasteiger partial charge on any atom is -0.454 e. The van der Waals surface area contributed by atoms with Gasteiger partial charge in [0, 0.05) is 24.2 Å². The van der Waals surface area contributed by atoms with Crippen LogP contribution in [0.2, 0.25) is 0 Å². The third-order valence-corrected chi connectivity index (χ3v) is 3.15. The number of aliphatic imine (C=N–C) groups is 1. The molecule has 2 aromatic carbocycles. The van der Waals surface area contributed by atoms with Gasteiger partial charge in [-0.3, -0.25) is 15.1 Å². The molecule has 0 aromatic heterocycles. The second-order valence-electron chi connectivity index (χ2n) is 4.66. The van der Waals surface area contributed by atoms with Crippen molar-refractivity contribution < 1.29 is 14.1 Å². The molecule has 112 valence electrons. The molecule has 0 bridgehead atoms. The summed E-state index contributed by atoms with van der Waals surface area (Å²) in [6.45, 7) is 1.43. The maximum absolute atomic E-state index is 14.1. The van der Waals surface area contributed by atoms with E-state index in [0.717, 1.165) is 6.54 Å². The van der Waals surface area contributed by atoms with Gasteiger partial charge in [-0.1, -0.05) is 0 Å². The van der Waals surface area contributed by atoms with Crippen LogP contribution in [0.25, 0.3) is 0 Å². The van der Waals surface area contributed by atoms with Gasteiger partial charge >= 0.3 is 0 Å². The van der Waals surface area contributed by atoms with Crippen molar-refractivity contribution in [3.63, 3.8) is 0 Å². The average Bonchev–Trinajstić information content (AvgIpc) is 3.04. The number of hydrogen-bond acceptors (Lipinski definition) is 5. The Morgan fingerprint density at radius 3 is 2.59 bits per heavy atom. The number of amidine groups is 1. The van der Waals surface area contributed by atoms with E-state index in [1.54, 1.807) is 6.07 Å². The molecule has 0 fully saturated rings. The SMILES string of the molecule is O=[N+]([O-])c1ccc(Oc2ccc(C3=NCCN3)cc2F)cc1. The van der Waals surface area contributed by atoms with Crippen molar-refractivity contribution in [2.24, 2.45) is 4.99 Å². The van der Waals surface area contributed by atoms with Crippen LogP contribution >= 0.6 is 0 Å². The average molecular weight is 301 g/mol. The van der Waals surface area contributed by atoms with Crippen molar-refractivity contribution in [3.05, 3.63) is 64.0 Å². The molecule has 6 nitrogen and oxygen atoms in total. The monoisotopic (exact) mass is 301 g/mol. The minimum absolute atomic E-state index is 0.0477. The molecule has 22 heavy (non-hydrogen) atoms. The van der Waals surface area contributed by atoms with E-state index in [0.29, 0.717) is 23.7 Å².